The highest BCUT2D eigenvalue weighted by molar-refractivity contribution is 5.85. The molecule has 0 saturated carbocycles. The fourth-order valence-electron chi connectivity index (χ4n) is 3.75. The SMILES string of the molecule is Cc1cc(CN2CCCC2Cc2cccc3ccccc23)on1. The molecule has 2 heterocycles. The van der Waals surface area contributed by atoms with Crippen LogP contribution in [-0.4, -0.2) is 22.6 Å². The van der Waals surface area contributed by atoms with Crippen molar-refractivity contribution >= 4 is 10.8 Å². The minimum absolute atomic E-state index is 0.589. The van der Waals surface area contributed by atoms with E-state index in [0.717, 1.165) is 31.0 Å². The molecule has 0 bridgehead atoms. The topological polar surface area (TPSA) is 29.3 Å². The molecule has 1 aliphatic heterocycles. The van der Waals surface area contributed by atoms with Crippen molar-refractivity contribution in [2.75, 3.05) is 6.54 Å². The van der Waals surface area contributed by atoms with E-state index in [-0.39, 0.29) is 0 Å². The number of hydrogen-bond donors (Lipinski definition) is 0. The molecule has 0 spiro atoms. The molecule has 4 rings (SSSR count). The first-order valence-corrected chi connectivity index (χ1v) is 8.42. The number of likely N-dealkylation sites (tertiary alicyclic amines) is 1. The van der Waals surface area contributed by atoms with E-state index >= 15 is 0 Å². The first kappa shape index (κ1) is 14.5. The van der Waals surface area contributed by atoms with Gasteiger partial charge in [0, 0.05) is 12.1 Å². The Morgan fingerprint density at radius 2 is 2.04 bits per heavy atom. The van der Waals surface area contributed by atoms with Gasteiger partial charge in [0.25, 0.3) is 0 Å². The van der Waals surface area contributed by atoms with E-state index in [0.29, 0.717) is 6.04 Å². The molecular formula is C20H22N2O. The maximum Gasteiger partial charge on any atom is 0.150 e. The molecular weight excluding hydrogens is 284 g/mol. The third-order valence-corrected chi connectivity index (χ3v) is 4.87. The average Bonchev–Trinajstić information content (AvgIpc) is 3.17. The zero-order valence-electron chi connectivity index (χ0n) is 13.5. The van der Waals surface area contributed by atoms with Crippen molar-refractivity contribution in [3.63, 3.8) is 0 Å². The summed E-state index contributed by atoms with van der Waals surface area (Å²) in [4.78, 5) is 2.54. The highest BCUT2D eigenvalue weighted by Gasteiger charge is 2.26. The lowest BCUT2D eigenvalue weighted by molar-refractivity contribution is 0.214. The van der Waals surface area contributed by atoms with Gasteiger partial charge in [-0.15, -0.1) is 0 Å². The van der Waals surface area contributed by atoms with Crippen molar-refractivity contribution in [2.45, 2.75) is 38.8 Å². The first-order chi connectivity index (χ1) is 11.3. The minimum atomic E-state index is 0.589. The summed E-state index contributed by atoms with van der Waals surface area (Å²) >= 11 is 0. The largest absolute Gasteiger partial charge is 0.360 e. The van der Waals surface area contributed by atoms with E-state index in [1.54, 1.807) is 0 Å². The van der Waals surface area contributed by atoms with Crippen LogP contribution in [0.15, 0.2) is 53.1 Å². The lowest BCUT2D eigenvalue weighted by Crippen LogP contribution is -2.30. The highest BCUT2D eigenvalue weighted by Crippen LogP contribution is 2.27. The Morgan fingerprint density at radius 1 is 1.17 bits per heavy atom. The molecule has 1 fully saturated rings. The Morgan fingerprint density at radius 3 is 2.91 bits per heavy atom. The number of rotatable bonds is 4. The normalized spacial score (nSPS) is 18.7. The van der Waals surface area contributed by atoms with Crippen molar-refractivity contribution < 1.29 is 4.52 Å². The van der Waals surface area contributed by atoms with Crippen LogP contribution in [0.2, 0.25) is 0 Å². The monoisotopic (exact) mass is 306 g/mol. The summed E-state index contributed by atoms with van der Waals surface area (Å²) < 4.78 is 5.40. The van der Waals surface area contributed by atoms with Gasteiger partial charge in [-0.3, -0.25) is 4.90 Å². The predicted molar refractivity (Wildman–Crippen MR) is 92.3 cm³/mol. The van der Waals surface area contributed by atoms with Crippen LogP contribution < -0.4 is 0 Å². The fourth-order valence-corrected chi connectivity index (χ4v) is 3.75. The van der Waals surface area contributed by atoms with Crippen molar-refractivity contribution in [3.05, 3.63) is 65.5 Å². The minimum Gasteiger partial charge on any atom is -0.360 e. The molecule has 1 aliphatic rings. The summed E-state index contributed by atoms with van der Waals surface area (Å²) in [6.07, 6.45) is 3.63. The summed E-state index contributed by atoms with van der Waals surface area (Å²) in [5, 5.41) is 6.73. The zero-order valence-corrected chi connectivity index (χ0v) is 13.5. The summed E-state index contributed by atoms with van der Waals surface area (Å²) in [5.74, 6) is 0.979. The third kappa shape index (κ3) is 3.02. The van der Waals surface area contributed by atoms with Crippen LogP contribution in [0.3, 0.4) is 0 Å². The summed E-state index contributed by atoms with van der Waals surface area (Å²) in [5.41, 5.74) is 2.42. The second-order valence-electron chi connectivity index (χ2n) is 6.54. The van der Waals surface area contributed by atoms with Crippen molar-refractivity contribution in [1.82, 2.24) is 10.1 Å². The number of hydrogen-bond acceptors (Lipinski definition) is 3. The molecule has 1 saturated heterocycles. The van der Waals surface area contributed by atoms with E-state index in [1.165, 1.54) is 29.2 Å². The smallest absolute Gasteiger partial charge is 0.150 e. The molecule has 1 atom stereocenters. The lowest BCUT2D eigenvalue weighted by atomic mass is 9.97. The maximum absolute atomic E-state index is 5.40. The Hall–Kier alpha value is -2.13. The van der Waals surface area contributed by atoms with Crippen molar-refractivity contribution in [1.29, 1.82) is 0 Å². The summed E-state index contributed by atoms with van der Waals surface area (Å²) in [7, 11) is 0. The fraction of sp³-hybridized carbons (Fsp3) is 0.350. The van der Waals surface area contributed by atoms with Crippen LogP contribution in [-0.2, 0) is 13.0 Å². The Bertz CT molecular complexity index is 803. The molecule has 118 valence electrons. The number of aryl methyl sites for hydroxylation is 1. The molecule has 0 N–H and O–H groups in total. The predicted octanol–water partition coefficient (Wildman–Crippen LogP) is 4.34. The van der Waals surface area contributed by atoms with E-state index < -0.39 is 0 Å². The van der Waals surface area contributed by atoms with Gasteiger partial charge < -0.3 is 4.52 Å². The number of fused-ring (bicyclic) bond motifs is 1. The standard InChI is InChI=1S/C20H22N2O/c1-15-12-19(23-21-15)14-22-11-5-9-18(22)13-17-8-4-7-16-6-2-3-10-20(16)17/h2-4,6-8,10,12,18H,5,9,11,13-14H2,1H3. The van der Waals surface area contributed by atoms with Gasteiger partial charge in [0.2, 0.25) is 0 Å². The summed E-state index contributed by atoms with van der Waals surface area (Å²) in [6.45, 7) is 4.00. The quantitative estimate of drug-likeness (QED) is 0.718. The highest BCUT2D eigenvalue weighted by atomic mass is 16.5. The van der Waals surface area contributed by atoms with Gasteiger partial charge >= 0.3 is 0 Å². The zero-order chi connectivity index (χ0) is 15.6. The molecule has 3 aromatic rings. The van der Waals surface area contributed by atoms with Gasteiger partial charge in [-0.25, -0.2) is 0 Å². The van der Waals surface area contributed by atoms with Crippen LogP contribution in [0, 0.1) is 6.92 Å². The van der Waals surface area contributed by atoms with Crippen LogP contribution in [0.25, 0.3) is 10.8 Å². The lowest BCUT2D eigenvalue weighted by Gasteiger charge is -2.23. The molecule has 3 nitrogen and oxygen atoms in total. The molecule has 3 heteroatoms. The van der Waals surface area contributed by atoms with E-state index in [1.807, 2.05) is 13.0 Å². The molecule has 1 unspecified atom stereocenters. The van der Waals surface area contributed by atoms with Gasteiger partial charge in [0.15, 0.2) is 5.76 Å². The Kier molecular flexibility index (Phi) is 3.88. The number of nitrogens with zero attached hydrogens (tertiary/aromatic N) is 2. The van der Waals surface area contributed by atoms with Gasteiger partial charge in [-0.1, -0.05) is 47.6 Å². The van der Waals surface area contributed by atoms with Crippen LogP contribution in [0.1, 0.15) is 29.9 Å². The maximum atomic E-state index is 5.40. The van der Waals surface area contributed by atoms with Gasteiger partial charge in [-0.2, -0.15) is 0 Å². The number of aromatic nitrogens is 1. The van der Waals surface area contributed by atoms with Gasteiger partial charge in [0.1, 0.15) is 0 Å². The molecule has 2 aromatic carbocycles. The first-order valence-electron chi connectivity index (χ1n) is 8.42. The van der Waals surface area contributed by atoms with Crippen LogP contribution in [0.5, 0.6) is 0 Å². The van der Waals surface area contributed by atoms with Crippen molar-refractivity contribution in [3.8, 4) is 0 Å². The van der Waals surface area contributed by atoms with Crippen molar-refractivity contribution in [2.24, 2.45) is 0 Å². The summed E-state index contributed by atoms with van der Waals surface area (Å²) in [6, 6.07) is 18.0. The molecule has 1 aromatic heterocycles. The molecule has 23 heavy (non-hydrogen) atoms. The third-order valence-electron chi connectivity index (χ3n) is 4.87. The van der Waals surface area contributed by atoms with Crippen LogP contribution in [0.4, 0.5) is 0 Å². The van der Waals surface area contributed by atoms with E-state index in [2.05, 4.69) is 52.5 Å². The Balaban J connectivity index is 1.54. The average molecular weight is 306 g/mol. The molecule has 0 radical (unpaired) electrons. The van der Waals surface area contributed by atoms with E-state index in [9.17, 15) is 0 Å². The van der Waals surface area contributed by atoms with E-state index in [4.69, 9.17) is 4.52 Å². The Labute approximate surface area is 136 Å². The van der Waals surface area contributed by atoms with Gasteiger partial charge in [-0.05, 0) is 49.1 Å². The molecule has 0 aliphatic carbocycles. The second kappa shape index (κ2) is 6.17. The van der Waals surface area contributed by atoms with Crippen LogP contribution >= 0.6 is 0 Å². The van der Waals surface area contributed by atoms with Gasteiger partial charge in [0.05, 0.1) is 12.2 Å². The number of benzene rings is 2. The second-order valence-corrected chi connectivity index (χ2v) is 6.54. The molecule has 0 amide bonds.